The quantitative estimate of drug-likeness (QED) is 0.185. The van der Waals surface area contributed by atoms with Crippen LogP contribution in [0.3, 0.4) is 0 Å². The van der Waals surface area contributed by atoms with Gasteiger partial charge in [-0.15, -0.1) is 0 Å². The lowest BCUT2D eigenvalue weighted by atomic mass is 9.97. The van der Waals surface area contributed by atoms with Crippen LogP contribution in [0.4, 0.5) is 4.39 Å². The van der Waals surface area contributed by atoms with Gasteiger partial charge in [-0.25, -0.2) is 4.39 Å². The lowest BCUT2D eigenvalue weighted by Crippen LogP contribution is -2.30. The smallest absolute Gasteiger partial charge is 0.138 e. The molecular weight excluding hydrogens is 527 g/mol. The van der Waals surface area contributed by atoms with E-state index in [-0.39, 0.29) is 18.5 Å². The third-order valence-electron chi connectivity index (χ3n) is 7.15. The molecule has 0 unspecified atom stereocenters. The zero-order valence-electron chi connectivity index (χ0n) is 23.3. The number of hydrogen-bond donors (Lipinski definition) is 2. The van der Waals surface area contributed by atoms with Gasteiger partial charge < -0.3 is 15.2 Å². The highest BCUT2D eigenvalue weighted by Gasteiger charge is 2.14. The third-order valence-corrected chi connectivity index (χ3v) is 7.15. The van der Waals surface area contributed by atoms with E-state index in [4.69, 9.17) is 20.2 Å². The SMILES string of the molecule is Cc1n[nH]c2ccc(-c3cc(OC[C@@H](N)Cc4ccccc4)cnc3-c3ccc(OCc4cccc(F)c4)cc3)cc12. The van der Waals surface area contributed by atoms with Crippen molar-refractivity contribution in [3.8, 4) is 33.9 Å². The van der Waals surface area contributed by atoms with Crippen LogP contribution in [-0.2, 0) is 13.0 Å². The molecule has 0 aliphatic heterocycles. The zero-order valence-corrected chi connectivity index (χ0v) is 23.3. The molecule has 0 aliphatic carbocycles. The molecule has 3 N–H and O–H groups in total. The van der Waals surface area contributed by atoms with E-state index in [0.717, 1.165) is 51.0 Å². The van der Waals surface area contributed by atoms with Gasteiger partial charge in [-0.2, -0.15) is 5.10 Å². The standard InChI is InChI=1S/C35H31FN4O2/c1-23-32-18-27(12-15-34(32)40-39-23)33-19-31(42-22-29(37)17-24-6-3-2-4-7-24)20-38-35(33)26-10-13-30(14-11-26)41-21-25-8-5-9-28(36)16-25/h2-16,18-20,29H,17,21-22,37H2,1H3,(H,39,40)/t29-/m0/s1. The summed E-state index contributed by atoms with van der Waals surface area (Å²) in [6, 6.07) is 32.4. The van der Waals surface area contributed by atoms with Crippen LogP contribution in [0.5, 0.6) is 11.5 Å². The highest BCUT2D eigenvalue weighted by atomic mass is 19.1. The third kappa shape index (κ3) is 6.32. The molecule has 0 aliphatic rings. The van der Waals surface area contributed by atoms with E-state index in [0.29, 0.717) is 18.1 Å². The first-order chi connectivity index (χ1) is 20.5. The number of benzene rings is 4. The molecule has 6 nitrogen and oxygen atoms in total. The molecule has 0 saturated heterocycles. The maximum Gasteiger partial charge on any atom is 0.138 e. The summed E-state index contributed by atoms with van der Waals surface area (Å²) in [7, 11) is 0. The number of nitrogens with one attached hydrogen (secondary N) is 1. The van der Waals surface area contributed by atoms with Crippen LogP contribution < -0.4 is 15.2 Å². The molecule has 210 valence electrons. The fourth-order valence-corrected chi connectivity index (χ4v) is 4.97. The van der Waals surface area contributed by atoms with Crippen LogP contribution in [0, 0.1) is 12.7 Å². The second-order valence-electron chi connectivity index (χ2n) is 10.3. The molecule has 0 bridgehead atoms. The van der Waals surface area contributed by atoms with Gasteiger partial charge in [0.05, 0.1) is 23.1 Å². The first kappa shape index (κ1) is 27.2. The van der Waals surface area contributed by atoms with Gasteiger partial charge >= 0.3 is 0 Å². The van der Waals surface area contributed by atoms with Crippen molar-refractivity contribution in [2.45, 2.75) is 26.0 Å². The van der Waals surface area contributed by atoms with Gasteiger partial charge in [0, 0.05) is 22.6 Å². The van der Waals surface area contributed by atoms with Crippen LogP contribution in [0.1, 0.15) is 16.8 Å². The number of nitrogens with two attached hydrogens (primary N) is 1. The number of halogens is 1. The summed E-state index contributed by atoms with van der Waals surface area (Å²) >= 11 is 0. The molecule has 0 saturated carbocycles. The minimum absolute atomic E-state index is 0.152. The van der Waals surface area contributed by atoms with Crippen molar-refractivity contribution in [2.24, 2.45) is 5.73 Å². The molecule has 6 aromatic rings. The largest absolute Gasteiger partial charge is 0.490 e. The molecule has 6 rings (SSSR count). The van der Waals surface area contributed by atoms with Gasteiger partial charge in [0.1, 0.15) is 30.5 Å². The Kier molecular flexibility index (Phi) is 7.92. The van der Waals surface area contributed by atoms with Gasteiger partial charge in [0.2, 0.25) is 0 Å². The first-order valence-corrected chi connectivity index (χ1v) is 13.9. The van der Waals surface area contributed by atoms with Crippen molar-refractivity contribution >= 4 is 10.9 Å². The molecule has 42 heavy (non-hydrogen) atoms. The monoisotopic (exact) mass is 558 g/mol. The number of fused-ring (bicyclic) bond motifs is 1. The van der Waals surface area contributed by atoms with Crippen LogP contribution in [0.25, 0.3) is 33.3 Å². The Labute approximate surface area is 244 Å². The van der Waals surface area contributed by atoms with Crippen molar-refractivity contribution in [1.82, 2.24) is 15.2 Å². The van der Waals surface area contributed by atoms with E-state index in [9.17, 15) is 4.39 Å². The van der Waals surface area contributed by atoms with Crippen molar-refractivity contribution in [1.29, 1.82) is 0 Å². The summed E-state index contributed by atoms with van der Waals surface area (Å²) < 4.78 is 25.6. The fourth-order valence-electron chi connectivity index (χ4n) is 4.97. The topological polar surface area (TPSA) is 86.0 Å². The highest BCUT2D eigenvalue weighted by molar-refractivity contribution is 5.90. The molecule has 2 aromatic heterocycles. The Bertz CT molecular complexity index is 1800. The number of nitrogens with zero attached hydrogens (tertiary/aromatic N) is 2. The van der Waals surface area contributed by atoms with E-state index in [1.165, 1.54) is 17.7 Å². The maximum absolute atomic E-state index is 13.5. The molecular formula is C35H31FN4O2. The molecule has 0 fully saturated rings. The Morgan fingerprint density at radius 1 is 0.810 bits per heavy atom. The summed E-state index contributed by atoms with van der Waals surface area (Å²) in [5.74, 6) is 1.06. The number of hydrogen-bond acceptors (Lipinski definition) is 5. The van der Waals surface area contributed by atoms with Crippen molar-refractivity contribution in [2.75, 3.05) is 6.61 Å². The lowest BCUT2D eigenvalue weighted by Gasteiger charge is -2.16. The molecule has 0 radical (unpaired) electrons. The molecule has 4 aromatic carbocycles. The average Bonchev–Trinajstić information content (AvgIpc) is 3.39. The van der Waals surface area contributed by atoms with Crippen LogP contribution in [0.15, 0.2) is 109 Å². The number of pyridine rings is 1. The van der Waals surface area contributed by atoms with E-state index in [1.54, 1.807) is 12.3 Å². The van der Waals surface area contributed by atoms with Crippen LogP contribution in [0.2, 0.25) is 0 Å². The zero-order chi connectivity index (χ0) is 28.9. The predicted octanol–water partition coefficient (Wildman–Crippen LogP) is 7.27. The number of aromatic amines is 1. The van der Waals surface area contributed by atoms with Crippen LogP contribution in [-0.4, -0.2) is 27.8 Å². The second-order valence-corrected chi connectivity index (χ2v) is 10.3. The van der Waals surface area contributed by atoms with Crippen LogP contribution >= 0.6 is 0 Å². The number of ether oxygens (including phenoxy) is 2. The van der Waals surface area contributed by atoms with Gasteiger partial charge in [-0.05, 0) is 84.6 Å². The van der Waals surface area contributed by atoms with E-state index in [2.05, 4.69) is 34.5 Å². The summed E-state index contributed by atoms with van der Waals surface area (Å²) in [4.78, 5) is 4.84. The number of rotatable bonds is 10. The normalized spacial score (nSPS) is 11.9. The fraction of sp³-hybridized carbons (Fsp3) is 0.143. The Morgan fingerprint density at radius 2 is 1.60 bits per heavy atom. The van der Waals surface area contributed by atoms with E-state index in [1.807, 2.05) is 67.6 Å². The summed E-state index contributed by atoms with van der Waals surface area (Å²) in [5, 5.41) is 8.47. The minimum Gasteiger partial charge on any atom is -0.490 e. The molecule has 1 atom stereocenters. The molecule has 7 heteroatoms. The van der Waals surface area contributed by atoms with E-state index >= 15 is 0 Å². The number of H-pyrrole nitrogens is 1. The van der Waals surface area contributed by atoms with Crippen molar-refractivity contribution in [3.63, 3.8) is 0 Å². The summed E-state index contributed by atoms with van der Waals surface area (Å²) in [5.41, 5.74) is 13.9. The number of aromatic nitrogens is 3. The Morgan fingerprint density at radius 3 is 2.40 bits per heavy atom. The predicted molar refractivity (Wildman–Crippen MR) is 164 cm³/mol. The lowest BCUT2D eigenvalue weighted by molar-refractivity contribution is 0.287. The van der Waals surface area contributed by atoms with Gasteiger partial charge in [-0.3, -0.25) is 10.1 Å². The minimum atomic E-state index is -0.278. The van der Waals surface area contributed by atoms with Crippen molar-refractivity contribution < 1.29 is 13.9 Å². The maximum atomic E-state index is 13.5. The Hall–Kier alpha value is -5.01. The van der Waals surface area contributed by atoms with Gasteiger partial charge in [0.25, 0.3) is 0 Å². The second kappa shape index (κ2) is 12.2. The highest BCUT2D eigenvalue weighted by Crippen LogP contribution is 2.35. The molecule has 2 heterocycles. The Balaban J connectivity index is 1.26. The average molecular weight is 559 g/mol. The summed E-state index contributed by atoms with van der Waals surface area (Å²) in [6.45, 7) is 2.63. The van der Waals surface area contributed by atoms with Crippen molar-refractivity contribution in [3.05, 3.63) is 132 Å². The first-order valence-electron chi connectivity index (χ1n) is 13.9. The molecule has 0 amide bonds. The molecule has 0 spiro atoms. The number of aryl methyl sites for hydroxylation is 1. The summed E-state index contributed by atoms with van der Waals surface area (Å²) in [6.07, 6.45) is 2.47. The van der Waals surface area contributed by atoms with Gasteiger partial charge in [0.15, 0.2) is 0 Å². The van der Waals surface area contributed by atoms with Gasteiger partial charge in [-0.1, -0.05) is 48.5 Å². The van der Waals surface area contributed by atoms with E-state index < -0.39 is 0 Å².